The van der Waals surface area contributed by atoms with E-state index in [2.05, 4.69) is 0 Å². The Bertz CT molecular complexity index is 1030. The molecule has 0 aliphatic heterocycles. The van der Waals surface area contributed by atoms with Gasteiger partial charge in [-0.15, -0.1) is 11.3 Å². The summed E-state index contributed by atoms with van der Waals surface area (Å²) in [5.74, 6) is 0.345. The van der Waals surface area contributed by atoms with Gasteiger partial charge in [0.05, 0.1) is 5.39 Å². The number of nitrogens with zero attached hydrogens (tertiary/aromatic N) is 2. The highest BCUT2D eigenvalue weighted by Gasteiger charge is 2.21. The number of benzene rings is 1. The zero-order chi connectivity index (χ0) is 19.0. The lowest BCUT2D eigenvalue weighted by molar-refractivity contribution is -0.118. The number of nitrogens with two attached hydrogens (primary N) is 1. The van der Waals surface area contributed by atoms with Crippen molar-refractivity contribution >= 4 is 27.5 Å². The summed E-state index contributed by atoms with van der Waals surface area (Å²) in [4.78, 5) is 31.1. The van der Waals surface area contributed by atoms with Crippen LogP contribution in [0, 0.1) is 13.8 Å². The molecule has 0 radical (unpaired) electrons. The average molecular weight is 369 g/mol. The Morgan fingerprint density at radius 1 is 1.23 bits per heavy atom. The van der Waals surface area contributed by atoms with Crippen molar-refractivity contribution in [3.8, 4) is 11.1 Å². The normalized spacial score (nSPS) is 11.4. The Morgan fingerprint density at radius 2 is 1.88 bits per heavy atom. The fraction of sp³-hybridized carbons (Fsp3) is 0.350. The summed E-state index contributed by atoms with van der Waals surface area (Å²) >= 11 is 1.54. The van der Waals surface area contributed by atoms with Gasteiger partial charge in [-0.1, -0.05) is 43.7 Å². The fourth-order valence-corrected chi connectivity index (χ4v) is 4.20. The molecule has 1 amide bonds. The zero-order valence-corrected chi connectivity index (χ0v) is 16.3. The van der Waals surface area contributed by atoms with Gasteiger partial charge in [-0.25, -0.2) is 4.98 Å². The van der Waals surface area contributed by atoms with Gasteiger partial charge in [0.1, 0.15) is 10.7 Å². The minimum atomic E-state index is -0.424. The standard InChI is InChI=1S/C20H23N3O2S/c1-11(2)18-22-19-17(20(25)23(18)10-9-15(21)24)16(13(4)26-19)14-7-5-12(3)6-8-14/h5-8,11H,9-10H2,1-4H3,(H2,21,24). The van der Waals surface area contributed by atoms with E-state index in [1.54, 1.807) is 15.9 Å². The molecule has 26 heavy (non-hydrogen) atoms. The van der Waals surface area contributed by atoms with Gasteiger partial charge in [0.2, 0.25) is 5.91 Å². The molecule has 1 aromatic carbocycles. The van der Waals surface area contributed by atoms with E-state index >= 15 is 0 Å². The number of amides is 1. The Hall–Kier alpha value is -2.47. The molecular formula is C20H23N3O2S. The molecule has 2 N–H and O–H groups in total. The van der Waals surface area contributed by atoms with Gasteiger partial charge in [-0.2, -0.15) is 0 Å². The van der Waals surface area contributed by atoms with E-state index in [9.17, 15) is 9.59 Å². The van der Waals surface area contributed by atoms with E-state index < -0.39 is 5.91 Å². The Labute approximate surface area is 156 Å². The minimum Gasteiger partial charge on any atom is -0.370 e. The van der Waals surface area contributed by atoms with Gasteiger partial charge in [0.25, 0.3) is 5.56 Å². The number of aryl methyl sites for hydroxylation is 2. The van der Waals surface area contributed by atoms with Crippen molar-refractivity contribution in [1.82, 2.24) is 9.55 Å². The monoisotopic (exact) mass is 369 g/mol. The molecule has 6 heteroatoms. The van der Waals surface area contributed by atoms with Crippen LogP contribution < -0.4 is 11.3 Å². The molecule has 0 atom stereocenters. The van der Waals surface area contributed by atoms with Crippen LogP contribution in [0.4, 0.5) is 0 Å². The number of carbonyl (C=O) groups is 1. The van der Waals surface area contributed by atoms with Crippen molar-refractivity contribution in [1.29, 1.82) is 0 Å². The van der Waals surface area contributed by atoms with Crippen molar-refractivity contribution in [2.24, 2.45) is 5.73 Å². The van der Waals surface area contributed by atoms with Crippen LogP contribution in [0.5, 0.6) is 0 Å². The maximum absolute atomic E-state index is 13.3. The molecule has 3 rings (SSSR count). The summed E-state index contributed by atoms with van der Waals surface area (Å²) in [7, 11) is 0. The summed E-state index contributed by atoms with van der Waals surface area (Å²) < 4.78 is 1.61. The molecule has 2 aromatic heterocycles. The number of primary amides is 1. The van der Waals surface area contributed by atoms with Crippen LogP contribution in [0.15, 0.2) is 29.1 Å². The molecule has 0 spiro atoms. The second-order valence-electron chi connectivity index (χ2n) is 6.88. The Kier molecular flexibility index (Phi) is 4.96. The summed E-state index contributed by atoms with van der Waals surface area (Å²) in [5.41, 5.74) is 8.32. The van der Waals surface area contributed by atoms with Crippen LogP contribution in [-0.4, -0.2) is 15.5 Å². The number of fused-ring (bicyclic) bond motifs is 1. The number of thiophene rings is 1. The van der Waals surface area contributed by atoms with Crippen molar-refractivity contribution < 1.29 is 4.79 Å². The fourth-order valence-electron chi connectivity index (χ4n) is 3.16. The maximum Gasteiger partial charge on any atom is 0.262 e. The molecule has 0 saturated carbocycles. The number of carbonyl (C=O) groups excluding carboxylic acids is 1. The molecule has 3 aromatic rings. The zero-order valence-electron chi connectivity index (χ0n) is 15.5. The van der Waals surface area contributed by atoms with E-state index in [0.29, 0.717) is 11.2 Å². The molecule has 0 bridgehead atoms. The van der Waals surface area contributed by atoms with Gasteiger partial charge in [-0.05, 0) is 19.4 Å². The molecule has 5 nitrogen and oxygen atoms in total. The molecule has 0 fully saturated rings. The smallest absolute Gasteiger partial charge is 0.262 e. The Morgan fingerprint density at radius 3 is 2.46 bits per heavy atom. The first-order valence-corrected chi connectivity index (χ1v) is 9.50. The van der Waals surface area contributed by atoms with Gasteiger partial charge >= 0.3 is 0 Å². The quantitative estimate of drug-likeness (QED) is 0.744. The van der Waals surface area contributed by atoms with Crippen molar-refractivity contribution in [3.63, 3.8) is 0 Å². The van der Waals surface area contributed by atoms with Crippen LogP contribution in [0.3, 0.4) is 0 Å². The SMILES string of the molecule is Cc1ccc(-c2c(C)sc3nc(C(C)C)n(CCC(N)=O)c(=O)c23)cc1. The van der Waals surface area contributed by atoms with Gasteiger partial charge < -0.3 is 5.73 Å². The van der Waals surface area contributed by atoms with Gasteiger partial charge in [-0.3, -0.25) is 14.2 Å². The number of hydrogen-bond donors (Lipinski definition) is 1. The van der Waals surface area contributed by atoms with E-state index in [0.717, 1.165) is 20.8 Å². The van der Waals surface area contributed by atoms with Crippen LogP contribution in [0.2, 0.25) is 0 Å². The predicted molar refractivity (Wildman–Crippen MR) is 107 cm³/mol. The van der Waals surface area contributed by atoms with E-state index in [1.165, 1.54) is 5.56 Å². The first-order valence-electron chi connectivity index (χ1n) is 8.68. The average Bonchev–Trinajstić information content (AvgIpc) is 2.90. The predicted octanol–water partition coefficient (Wildman–Crippen LogP) is 3.74. The van der Waals surface area contributed by atoms with Crippen LogP contribution in [0.25, 0.3) is 21.3 Å². The minimum absolute atomic E-state index is 0.0743. The topological polar surface area (TPSA) is 78.0 Å². The van der Waals surface area contributed by atoms with Crippen molar-refractivity contribution in [2.75, 3.05) is 0 Å². The summed E-state index contributed by atoms with van der Waals surface area (Å²) in [6.07, 6.45) is 0.121. The largest absolute Gasteiger partial charge is 0.370 e. The third kappa shape index (κ3) is 3.29. The van der Waals surface area contributed by atoms with Gasteiger partial charge in [0, 0.05) is 29.3 Å². The van der Waals surface area contributed by atoms with E-state index in [4.69, 9.17) is 10.7 Å². The second kappa shape index (κ2) is 7.03. The van der Waals surface area contributed by atoms with Gasteiger partial charge in [0.15, 0.2) is 0 Å². The third-order valence-corrected chi connectivity index (χ3v) is 5.45. The van der Waals surface area contributed by atoms with Crippen LogP contribution in [0.1, 0.15) is 42.5 Å². The summed E-state index contributed by atoms with van der Waals surface area (Å²) in [6, 6.07) is 8.15. The van der Waals surface area contributed by atoms with Crippen LogP contribution >= 0.6 is 11.3 Å². The lowest BCUT2D eigenvalue weighted by Crippen LogP contribution is -2.28. The Balaban J connectivity index is 2.30. The summed E-state index contributed by atoms with van der Waals surface area (Å²) in [5, 5.41) is 0.630. The number of rotatable bonds is 5. The highest BCUT2D eigenvalue weighted by molar-refractivity contribution is 7.19. The molecule has 2 heterocycles. The molecule has 0 aliphatic rings. The lowest BCUT2D eigenvalue weighted by atomic mass is 10.0. The van der Waals surface area contributed by atoms with Crippen LogP contribution in [-0.2, 0) is 11.3 Å². The number of hydrogen-bond acceptors (Lipinski definition) is 4. The molecule has 0 saturated heterocycles. The van der Waals surface area contributed by atoms with E-state index in [-0.39, 0.29) is 24.4 Å². The van der Waals surface area contributed by atoms with Crippen molar-refractivity contribution in [2.45, 2.75) is 46.6 Å². The molecule has 136 valence electrons. The molecule has 0 unspecified atom stereocenters. The highest BCUT2D eigenvalue weighted by Crippen LogP contribution is 2.36. The first-order chi connectivity index (χ1) is 12.3. The van der Waals surface area contributed by atoms with Crippen molar-refractivity contribution in [3.05, 3.63) is 50.9 Å². The summed E-state index contributed by atoms with van der Waals surface area (Å²) in [6.45, 7) is 8.30. The molecular weight excluding hydrogens is 346 g/mol. The highest BCUT2D eigenvalue weighted by atomic mass is 32.1. The molecule has 0 aliphatic carbocycles. The van der Waals surface area contributed by atoms with E-state index in [1.807, 2.05) is 52.0 Å². The second-order valence-corrected chi connectivity index (χ2v) is 8.08. The maximum atomic E-state index is 13.3. The first kappa shape index (κ1) is 18.3. The lowest BCUT2D eigenvalue weighted by Gasteiger charge is -2.14. The third-order valence-electron chi connectivity index (χ3n) is 4.46. The number of aromatic nitrogens is 2.